The molecule has 1 heterocycles. The highest BCUT2D eigenvalue weighted by molar-refractivity contribution is 7.97. The molecule has 0 aromatic heterocycles. The fourth-order valence-corrected chi connectivity index (χ4v) is 4.24. The number of nitriles is 1. The van der Waals surface area contributed by atoms with Gasteiger partial charge in [-0.1, -0.05) is 24.3 Å². The first-order valence-corrected chi connectivity index (χ1v) is 10.9. The second kappa shape index (κ2) is 10.1. The van der Waals surface area contributed by atoms with Gasteiger partial charge in [-0.05, 0) is 43.1 Å². The van der Waals surface area contributed by atoms with Gasteiger partial charge in [0.1, 0.15) is 6.07 Å². The zero-order valence-corrected chi connectivity index (χ0v) is 18.4. The molecule has 0 unspecified atom stereocenters. The molecule has 31 heavy (non-hydrogen) atoms. The van der Waals surface area contributed by atoms with Crippen LogP contribution < -0.4 is 4.90 Å². The number of rotatable bonds is 6. The summed E-state index contributed by atoms with van der Waals surface area (Å²) >= 11 is 1.71. The van der Waals surface area contributed by atoms with E-state index in [0.29, 0.717) is 23.4 Å². The zero-order chi connectivity index (χ0) is 22.4. The van der Waals surface area contributed by atoms with Crippen LogP contribution in [0.3, 0.4) is 0 Å². The van der Waals surface area contributed by atoms with Crippen molar-refractivity contribution in [3.05, 3.63) is 65.9 Å². The van der Waals surface area contributed by atoms with Crippen molar-refractivity contribution >= 4 is 23.2 Å². The molecule has 4 nitrogen and oxygen atoms in total. The smallest absolute Gasteiger partial charge is 0.374 e. The molecule has 0 aliphatic carbocycles. The fraction of sp³-hybridized carbons (Fsp3) is 0.348. The molecular weight excluding hydrogens is 421 g/mol. The van der Waals surface area contributed by atoms with Crippen LogP contribution in [-0.4, -0.2) is 49.0 Å². The van der Waals surface area contributed by atoms with Gasteiger partial charge in [0.05, 0.1) is 11.1 Å². The molecular formula is C23H25F3N4S. The Bertz CT molecular complexity index is 946. The largest absolute Gasteiger partial charge is 0.416 e. The Kier molecular flexibility index (Phi) is 7.52. The summed E-state index contributed by atoms with van der Waals surface area (Å²) in [6.07, 6.45) is -2.65. The quantitative estimate of drug-likeness (QED) is 0.441. The normalized spacial score (nSPS) is 15.6. The molecule has 0 atom stereocenters. The summed E-state index contributed by atoms with van der Waals surface area (Å²) < 4.78 is 41.9. The summed E-state index contributed by atoms with van der Waals surface area (Å²) in [7, 11) is 1.73. The Hall–Kier alpha value is -2.63. The predicted molar refractivity (Wildman–Crippen MR) is 119 cm³/mol. The highest BCUT2D eigenvalue weighted by Crippen LogP contribution is 2.35. The van der Waals surface area contributed by atoms with Crippen molar-refractivity contribution in [3.8, 4) is 6.07 Å². The first kappa shape index (κ1) is 23.0. The van der Waals surface area contributed by atoms with E-state index in [0.717, 1.165) is 38.3 Å². The lowest BCUT2D eigenvalue weighted by Crippen LogP contribution is -2.40. The van der Waals surface area contributed by atoms with Crippen LogP contribution in [0.25, 0.3) is 5.57 Å². The van der Waals surface area contributed by atoms with Crippen LogP contribution in [-0.2, 0) is 6.18 Å². The summed E-state index contributed by atoms with van der Waals surface area (Å²) in [5.41, 5.74) is 0.577. The van der Waals surface area contributed by atoms with Crippen LogP contribution >= 0.6 is 11.9 Å². The fourth-order valence-electron chi connectivity index (χ4n) is 3.32. The third-order valence-corrected chi connectivity index (χ3v) is 6.29. The molecule has 0 saturated carbocycles. The third kappa shape index (κ3) is 5.96. The predicted octanol–water partition coefficient (Wildman–Crippen LogP) is 5.35. The Balaban J connectivity index is 1.77. The van der Waals surface area contributed by atoms with Crippen molar-refractivity contribution in [2.45, 2.75) is 18.0 Å². The van der Waals surface area contributed by atoms with Crippen molar-refractivity contribution in [3.63, 3.8) is 0 Å². The molecule has 2 aromatic rings. The summed E-state index contributed by atoms with van der Waals surface area (Å²) in [5.74, 6) is 0. The second-order valence-electron chi connectivity index (χ2n) is 7.27. The van der Waals surface area contributed by atoms with Gasteiger partial charge in [0, 0.05) is 62.1 Å². The minimum Gasteiger partial charge on any atom is -0.374 e. The van der Waals surface area contributed by atoms with Crippen LogP contribution in [0.5, 0.6) is 0 Å². The lowest BCUT2D eigenvalue weighted by molar-refractivity contribution is -0.137. The minimum atomic E-state index is -4.43. The highest BCUT2D eigenvalue weighted by atomic mass is 32.2. The van der Waals surface area contributed by atoms with Crippen molar-refractivity contribution in [1.29, 1.82) is 5.26 Å². The van der Waals surface area contributed by atoms with E-state index in [-0.39, 0.29) is 0 Å². The van der Waals surface area contributed by atoms with E-state index in [9.17, 15) is 18.4 Å². The molecule has 0 radical (unpaired) electrons. The molecule has 1 fully saturated rings. The molecule has 0 spiro atoms. The van der Waals surface area contributed by atoms with Crippen molar-refractivity contribution < 1.29 is 13.2 Å². The average molecular weight is 447 g/mol. The van der Waals surface area contributed by atoms with Crippen molar-refractivity contribution in [2.24, 2.45) is 0 Å². The Labute approximate surface area is 185 Å². The highest BCUT2D eigenvalue weighted by Gasteiger charge is 2.31. The van der Waals surface area contributed by atoms with E-state index in [2.05, 4.69) is 27.4 Å². The van der Waals surface area contributed by atoms with Gasteiger partial charge < -0.3 is 9.80 Å². The zero-order valence-electron chi connectivity index (χ0n) is 17.6. The van der Waals surface area contributed by atoms with Gasteiger partial charge >= 0.3 is 6.18 Å². The number of anilines is 1. The molecule has 3 rings (SSSR count). The van der Waals surface area contributed by atoms with E-state index in [4.69, 9.17) is 0 Å². The molecule has 8 heteroatoms. The van der Waals surface area contributed by atoms with Gasteiger partial charge in [-0.15, -0.1) is 0 Å². The third-order valence-electron chi connectivity index (χ3n) is 5.18. The van der Waals surface area contributed by atoms with Crippen LogP contribution in [0.2, 0.25) is 0 Å². The summed E-state index contributed by atoms with van der Waals surface area (Å²) in [4.78, 5) is 4.97. The summed E-state index contributed by atoms with van der Waals surface area (Å²) in [6, 6.07) is 15.9. The number of benzene rings is 2. The first-order valence-electron chi connectivity index (χ1n) is 10.1. The topological polar surface area (TPSA) is 33.5 Å². The number of halogens is 3. The van der Waals surface area contributed by atoms with Crippen LogP contribution in [0.1, 0.15) is 18.1 Å². The van der Waals surface area contributed by atoms with Gasteiger partial charge in [-0.3, -0.25) is 0 Å². The number of hydrogen-bond acceptors (Lipinski definition) is 5. The maximum absolute atomic E-state index is 13.2. The molecule has 164 valence electrons. The number of piperazine rings is 1. The Morgan fingerprint density at radius 2 is 1.81 bits per heavy atom. The lowest BCUT2D eigenvalue weighted by atomic mass is 10.0. The van der Waals surface area contributed by atoms with Gasteiger partial charge in [-0.2, -0.15) is 18.4 Å². The number of hydrogen-bond donors (Lipinski definition) is 0. The van der Waals surface area contributed by atoms with E-state index >= 15 is 0 Å². The van der Waals surface area contributed by atoms with E-state index in [1.807, 2.05) is 25.1 Å². The average Bonchev–Trinajstić information content (AvgIpc) is 2.78. The van der Waals surface area contributed by atoms with Gasteiger partial charge in [0.25, 0.3) is 0 Å². The van der Waals surface area contributed by atoms with Crippen LogP contribution in [0.4, 0.5) is 18.9 Å². The van der Waals surface area contributed by atoms with E-state index in [1.54, 1.807) is 30.1 Å². The van der Waals surface area contributed by atoms with Crippen molar-refractivity contribution in [2.75, 3.05) is 44.7 Å². The standard InChI is InChI=1S/C23H25F3N4S/c1-3-28(2)22-15-19(23(24,25)26)9-10-21(22)18(16-27)17-29-11-13-30(14-12-29)31-20-7-5-4-6-8-20/h4-10,15,17H,3,11-14H2,1-2H3/b18-17+. The molecule has 0 amide bonds. The molecule has 0 bridgehead atoms. The molecule has 2 aromatic carbocycles. The molecule has 0 N–H and O–H groups in total. The Morgan fingerprint density at radius 3 is 2.39 bits per heavy atom. The van der Waals surface area contributed by atoms with Crippen LogP contribution in [0.15, 0.2) is 59.6 Å². The molecule has 1 aliphatic heterocycles. The summed E-state index contributed by atoms with van der Waals surface area (Å²) in [5, 5.41) is 9.76. The number of nitrogens with zero attached hydrogens (tertiary/aromatic N) is 4. The SMILES string of the molecule is CCN(C)c1cc(C(F)(F)F)ccc1/C(C#N)=C/N1CCN(Sc2ccccc2)CC1. The minimum absolute atomic E-state index is 0.369. The van der Waals surface area contributed by atoms with Crippen LogP contribution in [0, 0.1) is 11.3 Å². The summed E-state index contributed by atoms with van der Waals surface area (Å²) in [6.45, 7) is 5.52. The number of allylic oxidation sites excluding steroid dienone is 1. The Morgan fingerprint density at radius 1 is 1.13 bits per heavy atom. The van der Waals surface area contributed by atoms with Gasteiger partial charge in [0.15, 0.2) is 0 Å². The second-order valence-corrected chi connectivity index (χ2v) is 8.44. The van der Waals surface area contributed by atoms with E-state index in [1.165, 1.54) is 11.0 Å². The maximum Gasteiger partial charge on any atom is 0.416 e. The monoisotopic (exact) mass is 446 g/mol. The van der Waals surface area contributed by atoms with Gasteiger partial charge in [-0.25, -0.2) is 4.31 Å². The number of alkyl halides is 3. The van der Waals surface area contributed by atoms with E-state index < -0.39 is 11.7 Å². The molecule has 1 aliphatic rings. The van der Waals surface area contributed by atoms with Crippen molar-refractivity contribution in [1.82, 2.24) is 9.21 Å². The molecule has 1 saturated heterocycles. The lowest BCUT2D eigenvalue weighted by Gasteiger charge is -2.33. The van der Waals surface area contributed by atoms with Gasteiger partial charge in [0.2, 0.25) is 0 Å². The maximum atomic E-state index is 13.2. The first-order chi connectivity index (χ1) is 14.8.